The van der Waals surface area contributed by atoms with E-state index in [-0.39, 0.29) is 24.3 Å². The maximum Gasteiger partial charge on any atom is 0.242 e. The second-order valence-corrected chi connectivity index (χ2v) is 9.15. The number of aryl methyl sites for hydroxylation is 1. The molecule has 1 aromatic heterocycles. The summed E-state index contributed by atoms with van der Waals surface area (Å²) in [5.74, 6) is 3.29. The number of carbonyl (C=O) groups is 2. The number of benzene rings is 1. The number of nitrogens with zero attached hydrogens (tertiary/aromatic N) is 2. The van der Waals surface area contributed by atoms with Crippen LogP contribution in [0.1, 0.15) is 43.8 Å². The molecule has 0 aliphatic heterocycles. The molecule has 1 aromatic carbocycles. The molecule has 3 rings (SSSR count). The zero-order valence-electron chi connectivity index (χ0n) is 20.4. The van der Waals surface area contributed by atoms with Gasteiger partial charge >= 0.3 is 0 Å². The molecule has 180 valence electrons. The van der Waals surface area contributed by atoms with E-state index >= 15 is 0 Å². The zero-order chi connectivity index (χ0) is 24.0. The van der Waals surface area contributed by atoms with Gasteiger partial charge in [-0.3, -0.25) is 9.59 Å². The fraction of sp³-hybridized carbons (Fsp3) is 0.538. The van der Waals surface area contributed by atoms with Crippen molar-refractivity contribution in [2.24, 2.45) is 11.8 Å². The Morgan fingerprint density at radius 3 is 2.36 bits per heavy atom. The number of methoxy groups -OCH3 is 2. The van der Waals surface area contributed by atoms with Crippen LogP contribution in [-0.4, -0.2) is 55.5 Å². The lowest BCUT2D eigenvalue weighted by Crippen LogP contribution is -2.45. The van der Waals surface area contributed by atoms with Crippen molar-refractivity contribution in [1.82, 2.24) is 9.80 Å². The first-order valence-corrected chi connectivity index (χ1v) is 11.6. The van der Waals surface area contributed by atoms with Gasteiger partial charge in [0.1, 0.15) is 11.5 Å². The Balaban J connectivity index is 1.73. The number of amides is 2. The van der Waals surface area contributed by atoms with Gasteiger partial charge in [-0.25, -0.2) is 0 Å². The molecule has 1 fully saturated rings. The number of rotatable bonds is 12. The Bertz CT molecular complexity index is 948. The lowest BCUT2D eigenvalue weighted by Gasteiger charge is -2.28. The molecule has 0 N–H and O–H groups in total. The van der Waals surface area contributed by atoms with Crippen LogP contribution in [0.25, 0.3) is 0 Å². The van der Waals surface area contributed by atoms with Crippen molar-refractivity contribution in [3.05, 3.63) is 47.4 Å². The number of hydrogen-bond donors (Lipinski definition) is 0. The van der Waals surface area contributed by atoms with E-state index in [1.807, 2.05) is 37.3 Å². The number of hydrogen-bond acceptors (Lipinski definition) is 5. The molecule has 1 aliphatic rings. The molecular weight excluding hydrogens is 420 g/mol. The molecule has 2 aromatic rings. The fourth-order valence-electron chi connectivity index (χ4n) is 3.88. The second-order valence-electron chi connectivity index (χ2n) is 9.15. The van der Waals surface area contributed by atoms with Gasteiger partial charge < -0.3 is 23.7 Å². The molecular formula is C26H36N2O5. The third-order valence-corrected chi connectivity index (χ3v) is 5.76. The normalized spacial score (nSPS) is 13.2. The number of carbonyl (C=O) groups excluding carboxylic acids is 2. The molecule has 1 heterocycles. The first kappa shape index (κ1) is 24.7. The molecule has 1 saturated carbocycles. The van der Waals surface area contributed by atoms with Gasteiger partial charge in [-0.2, -0.15) is 0 Å². The molecule has 0 spiro atoms. The molecule has 1 aliphatic carbocycles. The number of furan rings is 1. The van der Waals surface area contributed by atoms with Crippen molar-refractivity contribution in [2.45, 2.75) is 46.6 Å². The molecule has 7 heteroatoms. The largest absolute Gasteiger partial charge is 0.493 e. The van der Waals surface area contributed by atoms with Gasteiger partial charge in [-0.15, -0.1) is 0 Å². The highest BCUT2D eigenvalue weighted by Gasteiger charge is 2.35. The van der Waals surface area contributed by atoms with Crippen molar-refractivity contribution >= 4 is 11.8 Å². The second kappa shape index (κ2) is 11.3. The first-order chi connectivity index (χ1) is 15.8. The Morgan fingerprint density at radius 2 is 1.79 bits per heavy atom. The van der Waals surface area contributed by atoms with Gasteiger partial charge in [0, 0.05) is 19.0 Å². The summed E-state index contributed by atoms with van der Waals surface area (Å²) in [6.07, 6.45) is 2.50. The van der Waals surface area contributed by atoms with E-state index in [1.165, 1.54) is 0 Å². The third-order valence-electron chi connectivity index (χ3n) is 5.76. The monoisotopic (exact) mass is 456 g/mol. The summed E-state index contributed by atoms with van der Waals surface area (Å²) in [6.45, 7) is 7.58. The Labute approximate surface area is 196 Å². The van der Waals surface area contributed by atoms with Gasteiger partial charge in [-0.05, 0) is 61.9 Å². The molecule has 33 heavy (non-hydrogen) atoms. The highest BCUT2D eigenvalue weighted by atomic mass is 16.5. The van der Waals surface area contributed by atoms with E-state index < -0.39 is 0 Å². The minimum absolute atomic E-state index is 0.0702. The highest BCUT2D eigenvalue weighted by Crippen LogP contribution is 2.31. The summed E-state index contributed by atoms with van der Waals surface area (Å²) in [5.41, 5.74) is 1.04. The minimum Gasteiger partial charge on any atom is -0.493 e. The summed E-state index contributed by atoms with van der Waals surface area (Å²) in [4.78, 5) is 29.7. The minimum atomic E-state index is -0.0702. The van der Waals surface area contributed by atoms with Crippen LogP contribution in [-0.2, 0) is 22.6 Å². The fourth-order valence-corrected chi connectivity index (χ4v) is 3.88. The van der Waals surface area contributed by atoms with Crippen LogP contribution in [0.4, 0.5) is 0 Å². The van der Waals surface area contributed by atoms with E-state index in [2.05, 4.69) is 13.8 Å². The summed E-state index contributed by atoms with van der Waals surface area (Å²) < 4.78 is 16.5. The maximum atomic E-state index is 13.4. The van der Waals surface area contributed by atoms with Crippen molar-refractivity contribution in [1.29, 1.82) is 0 Å². The predicted molar refractivity (Wildman–Crippen MR) is 126 cm³/mol. The van der Waals surface area contributed by atoms with E-state index in [9.17, 15) is 9.59 Å². The summed E-state index contributed by atoms with van der Waals surface area (Å²) >= 11 is 0. The third kappa shape index (κ3) is 7.01. The van der Waals surface area contributed by atoms with Gasteiger partial charge in [-0.1, -0.05) is 19.9 Å². The first-order valence-electron chi connectivity index (χ1n) is 11.6. The van der Waals surface area contributed by atoms with Crippen LogP contribution in [0.15, 0.2) is 34.7 Å². The smallest absolute Gasteiger partial charge is 0.242 e. The SMILES string of the molecule is COc1ccc(CCN(Cc2ccc(C)o2)C(=O)CN(CC(C)C)C(=O)C2CC2)cc1OC. The Morgan fingerprint density at radius 1 is 1.06 bits per heavy atom. The molecule has 0 unspecified atom stereocenters. The van der Waals surface area contributed by atoms with Crippen LogP contribution in [0, 0.1) is 18.8 Å². The van der Waals surface area contributed by atoms with Gasteiger partial charge in [0.15, 0.2) is 11.5 Å². The number of ether oxygens (including phenoxy) is 2. The van der Waals surface area contributed by atoms with Gasteiger partial charge in [0.2, 0.25) is 11.8 Å². The maximum absolute atomic E-state index is 13.4. The Kier molecular flexibility index (Phi) is 8.42. The van der Waals surface area contributed by atoms with E-state index in [0.717, 1.165) is 29.9 Å². The molecule has 7 nitrogen and oxygen atoms in total. The topological polar surface area (TPSA) is 72.2 Å². The average molecular weight is 457 g/mol. The zero-order valence-corrected chi connectivity index (χ0v) is 20.4. The molecule has 0 atom stereocenters. The van der Waals surface area contributed by atoms with Crippen LogP contribution in [0.5, 0.6) is 11.5 Å². The van der Waals surface area contributed by atoms with Crippen molar-refractivity contribution in [3.8, 4) is 11.5 Å². The van der Waals surface area contributed by atoms with E-state index in [0.29, 0.717) is 43.5 Å². The average Bonchev–Trinajstić information content (AvgIpc) is 3.56. The van der Waals surface area contributed by atoms with Gasteiger partial charge in [0.25, 0.3) is 0 Å². The Hall–Kier alpha value is -2.96. The predicted octanol–water partition coefficient (Wildman–Crippen LogP) is 4.07. The van der Waals surface area contributed by atoms with Crippen LogP contribution < -0.4 is 9.47 Å². The summed E-state index contributed by atoms with van der Waals surface area (Å²) in [5, 5.41) is 0. The van der Waals surface area contributed by atoms with Crippen LogP contribution >= 0.6 is 0 Å². The standard InChI is InChI=1S/C26H36N2O5/c1-18(2)15-28(26(30)21-8-9-21)17-25(29)27(16-22-10-6-19(3)33-22)13-12-20-7-11-23(31-4)24(14-20)32-5/h6-7,10-11,14,18,21H,8-9,12-13,15-17H2,1-5H3. The van der Waals surface area contributed by atoms with Crippen LogP contribution in [0.3, 0.4) is 0 Å². The molecule has 0 bridgehead atoms. The van der Waals surface area contributed by atoms with Crippen molar-refractivity contribution in [3.63, 3.8) is 0 Å². The molecule has 0 saturated heterocycles. The van der Waals surface area contributed by atoms with E-state index in [4.69, 9.17) is 13.9 Å². The van der Waals surface area contributed by atoms with Crippen molar-refractivity contribution in [2.75, 3.05) is 33.9 Å². The summed E-state index contributed by atoms with van der Waals surface area (Å²) in [7, 11) is 3.21. The lowest BCUT2D eigenvalue weighted by molar-refractivity contribution is -0.142. The molecule has 0 radical (unpaired) electrons. The van der Waals surface area contributed by atoms with Crippen molar-refractivity contribution < 1.29 is 23.5 Å². The quantitative estimate of drug-likeness (QED) is 0.481. The lowest BCUT2D eigenvalue weighted by atomic mass is 10.1. The molecule has 2 amide bonds. The summed E-state index contributed by atoms with van der Waals surface area (Å²) in [6, 6.07) is 9.57. The van der Waals surface area contributed by atoms with Gasteiger partial charge in [0.05, 0.1) is 27.3 Å². The highest BCUT2D eigenvalue weighted by molar-refractivity contribution is 5.87. The van der Waals surface area contributed by atoms with E-state index in [1.54, 1.807) is 24.0 Å². The van der Waals surface area contributed by atoms with Crippen LogP contribution in [0.2, 0.25) is 0 Å².